The molecule has 1 aliphatic rings. The molecule has 1 amide bonds. The third-order valence-electron chi connectivity index (χ3n) is 4.65. The molecule has 2 aromatic carbocycles. The second-order valence-corrected chi connectivity index (χ2v) is 9.11. The number of carbonyl (C=O) groups is 1. The van der Waals surface area contributed by atoms with E-state index in [1.165, 1.54) is 25.3 Å². The van der Waals surface area contributed by atoms with Crippen LogP contribution in [0.3, 0.4) is 0 Å². The molecule has 0 bridgehead atoms. The first-order valence-corrected chi connectivity index (χ1v) is 11.5. The van der Waals surface area contributed by atoms with Gasteiger partial charge in [0.1, 0.15) is 0 Å². The topological polar surface area (TPSA) is 78.5 Å². The summed E-state index contributed by atoms with van der Waals surface area (Å²) in [5.41, 5.74) is 2.83. The number of hydrogen-bond donors (Lipinski definition) is 2. The Bertz CT molecular complexity index is 940. The lowest BCUT2D eigenvalue weighted by Crippen LogP contribution is -2.29. The fourth-order valence-electron chi connectivity index (χ4n) is 3.22. The number of nitrogens with one attached hydrogen (secondary N) is 2. The van der Waals surface area contributed by atoms with E-state index in [2.05, 4.69) is 14.9 Å². The van der Waals surface area contributed by atoms with E-state index in [9.17, 15) is 13.2 Å². The van der Waals surface area contributed by atoms with E-state index in [0.29, 0.717) is 21.8 Å². The maximum atomic E-state index is 12.4. The third kappa shape index (κ3) is 5.62. The summed E-state index contributed by atoms with van der Waals surface area (Å²) in [6, 6.07) is 12.5. The van der Waals surface area contributed by atoms with E-state index < -0.39 is 10.0 Å². The van der Waals surface area contributed by atoms with Crippen molar-refractivity contribution in [3.8, 4) is 0 Å². The molecular formula is C20H24ClN3O3S. The van der Waals surface area contributed by atoms with E-state index in [0.717, 1.165) is 25.0 Å². The highest BCUT2D eigenvalue weighted by Crippen LogP contribution is 2.22. The summed E-state index contributed by atoms with van der Waals surface area (Å²) >= 11 is 6.20. The number of piperidine rings is 1. The summed E-state index contributed by atoms with van der Waals surface area (Å²) in [4.78, 5) is 14.8. The standard InChI is InChI=1S/C20H24ClN3O3S/c1-28(26,27)23-17-8-5-16(19(21)13-17)14-22-20(25)15-6-9-18(10-7-15)24-11-3-2-4-12-24/h5-10,13,23H,2-4,11-12,14H2,1H3,(H,22,25). The summed E-state index contributed by atoms with van der Waals surface area (Å²) in [5.74, 6) is -0.181. The Morgan fingerprint density at radius 3 is 2.36 bits per heavy atom. The van der Waals surface area contributed by atoms with Gasteiger partial charge in [-0.2, -0.15) is 0 Å². The molecule has 3 rings (SSSR count). The van der Waals surface area contributed by atoms with Crippen molar-refractivity contribution >= 4 is 38.9 Å². The fraction of sp³-hybridized carbons (Fsp3) is 0.350. The van der Waals surface area contributed by atoms with Gasteiger partial charge in [-0.05, 0) is 61.2 Å². The van der Waals surface area contributed by atoms with Crippen molar-refractivity contribution < 1.29 is 13.2 Å². The highest BCUT2D eigenvalue weighted by molar-refractivity contribution is 7.92. The van der Waals surface area contributed by atoms with Gasteiger partial charge in [0.05, 0.1) is 6.26 Å². The van der Waals surface area contributed by atoms with Crippen molar-refractivity contribution in [2.45, 2.75) is 25.8 Å². The monoisotopic (exact) mass is 421 g/mol. The second-order valence-electron chi connectivity index (χ2n) is 6.96. The number of carbonyl (C=O) groups excluding carboxylic acids is 1. The first kappa shape index (κ1) is 20.5. The molecule has 6 nitrogen and oxygen atoms in total. The Balaban J connectivity index is 1.59. The minimum Gasteiger partial charge on any atom is -0.372 e. The molecule has 0 spiro atoms. The number of halogens is 1. The molecule has 8 heteroatoms. The lowest BCUT2D eigenvalue weighted by Gasteiger charge is -2.28. The molecule has 1 saturated heterocycles. The van der Waals surface area contributed by atoms with Crippen LogP contribution in [-0.2, 0) is 16.6 Å². The van der Waals surface area contributed by atoms with E-state index >= 15 is 0 Å². The summed E-state index contributed by atoms with van der Waals surface area (Å²) < 4.78 is 24.9. The fourth-order valence-corrected chi connectivity index (χ4v) is 4.02. The Kier molecular flexibility index (Phi) is 6.46. The van der Waals surface area contributed by atoms with Crippen LogP contribution < -0.4 is 14.9 Å². The number of hydrogen-bond acceptors (Lipinski definition) is 4. The van der Waals surface area contributed by atoms with E-state index in [1.54, 1.807) is 12.1 Å². The van der Waals surface area contributed by atoms with Crippen molar-refractivity contribution in [3.05, 3.63) is 58.6 Å². The number of nitrogens with zero attached hydrogens (tertiary/aromatic N) is 1. The van der Waals surface area contributed by atoms with Crippen LogP contribution in [0.2, 0.25) is 5.02 Å². The van der Waals surface area contributed by atoms with Gasteiger partial charge < -0.3 is 10.2 Å². The summed E-state index contributed by atoms with van der Waals surface area (Å²) in [6.45, 7) is 2.38. The second kappa shape index (κ2) is 8.84. The zero-order valence-electron chi connectivity index (χ0n) is 15.7. The van der Waals surface area contributed by atoms with Crippen LogP contribution in [0.15, 0.2) is 42.5 Å². The third-order valence-corrected chi connectivity index (χ3v) is 5.60. The molecular weight excluding hydrogens is 398 g/mol. The lowest BCUT2D eigenvalue weighted by atomic mass is 10.1. The van der Waals surface area contributed by atoms with Crippen molar-refractivity contribution in [3.63, 3.8) is 0 Å². The number of rotatable bonds is 6. The summed E-state index contributed by atoms with van der Waals surface area (Å²) in [6.07, 6.45) is 4.78. The van der Waals surface area contributed by atoms with Gasteiger partial charge in [0, 0.05) is 41.6 Å². The molecule has 0 atom stereocenters. The van der Waals surface area contributed by atoms with Crippen molar-refractivity contribution in [1.29, 1.82) is 0 Å². The van der Waals surface area contributed by atoms with Crippen LogP contribution in [0.1, 0.15) is 35.2 Å². The van der Waals surface area contributed by atoms with E-state index in [4.69, 9.17) is 11.6 Å². The first-order chi connectivity index (χ1) is 13.3. The molecule has 28 heavy (non-hydrogen) atoms. The van der Waals surface area contributed by atoms with Crippen LogP contribution in [0.5, 0.6) is 0 Å². The largest absolute Gasteiger partial charge is 0.372 e. The quantitative estimate of drug-likeness (QED) is 0.746. The Labute approximate surface area is 170 Å². The smallest absolute Gasteiger partial charge is 0.251 e. The van der Waals surface area contributed by atoms with Gasteiger partial charge >= 0.3 is 0 Å². The SMILES string of the molecule is CS(=O)(=O)Nc1ccc(CNC(=O)c2ccc(N3CCCCC3)cc2)c(Cl)c1. The molecule has 1 heterocycles. The number of anilines is 2. The van der Waals surface area contributed by atoms with Crippen LogP contribution in [0.4, 0.5) is 11.4 Å². The Morgan fingerprint density at radius 2 is 1.75 bits per heavy atom. The van der Waals surface area contributed by atoms with Gasteiger partial charge in [0.2, 0.25) is 10.0 Å². The predicted molar refractivity (Wildman–Crippen MR) is 114 cm³/mol. The lowest BCUT2D eigenvalue weighted by molar-refractivity contribution is 0.0951. The van der Waals surface area contributed by atoms with Crippen LogP contribution in [0.25, 0.3) is 0 Å². The predicted octanol–water partition coefficient (Wildman–Crippen LogP) is 3.63. The number of benzene rings is 2. The Hall–Kier alpha value is -2.25. The molecule has 1 aliphatic heterocycles. The summed E-state index contributed by atoms with van der Waals surface area (Å²) in [7, 11) is -3.36. The van der Waals surface area contributed by atoms with Crippen molar-refractivity contribution in [1.82, 2.24) is 5.32 Å². The average molecular weight is 422 g/mol. The minimum absolute atomic E-state index is 0.181. The first-order valence-electron chi connectivity index (χ1n) is 9.21. The molecule has 0 unspecified atom stereocenters. The normalized spacial score (nSPS) is 14.6. The van der Waals surface area contributed by atoms with Crippen LogP contribution in [-0.4, -0.2) is 33.7 Å². The van der Waals surface area contributed by atoms with Gasteiger partial charge in [-0.15, -0.1) is 0 Å². The highest BCUT2D eigenvalue weighted by atomic mass is 35.5. The number of amides is 1. The molecule has 1 fully saturated rings. The molecule has 0 radical (unpaired) electrons. The maximum Gasteiger partial charge on any atom is 0.251 e. The highest BCUT2D eigenvalue weighted by Gasteiger charge is 2.12. The molecule has 0 aliphatic carbocycles. The average Bonchev–Trinajstić information content (AvgIpc) is 2.67. The molecule has 0 saturated carbocycles. The minimum atomic E-state index is -3.36. The van der Waals surface area contributed by atoms with Gasteiger partial charge in [0.15, 0.2) is 0 Å². The van der Waals surface area contributed by atoms with E-state index in [1.807, 2.05) is 24.3 Å². The molecule has 2 N–H and O–H groups in total. The molecule has 0 aromatic heterocycles. The van der Waals surface area contributed by atoms with Crippen molar-refractivity contribution in [2.24, 2.45) is 0 Å². The van der Waals surface area contributed by atoms with Gasteiger partial charge in [-0.3, -0.25) is 9.52 Å². The summed E-state index contributed by atoms with van der Waals surface area (Å²) in [5, 5.41) is 3.23. The zero-order chi connectivity index (χ0) is 20.1. The van der Waals surface area contributed by atoms with Gasteiger partial charge in [0.25, 0.3) is 5.91 Å². The maximum absolute atomic E-state index is 12.4. The zero-order valence-corrected chi connectivity index (χ0v) is 17.3. The van der Waals surface area contributed by atoms with Gasteiger partial charge in [-0.1, -0.05) is 17.7 Å². The van der Waals surface area contributed by atoms with E-state index in [-0.39, 0.29) is 12.5 Å². The van der Waals surface area contributed by atoms with Gasteiger partial charge in [-0.25, -0.2) is 8.42 Å². The Morgan fingerprint density at radius 1 is 1.07 bits per heavy atom. The van der Waals surface area contributed by atoms with Crippen LogP contribution >= 0.6 is 11.6 Å². The van der Waals surface area contributed by atoms with Crippen LogP contribution in [0, 0.1) is 0 Å². The molecule has 2 aromatic rings. The molecule has 150 valence electrons. The number of sulfonamides is 1. The van der Waals surface area contributed by atoms with Crippen molar-refractivity contribution in [2.75, 3.05) is 29.0 Å².